The average Bonchev–Trinajstić information content (AvgIpc) is 3.15. The number of aliphatic hydroxyl groups is 1. The lowest BCUT2D eigenvalue weighted by Crippen LogP contribution is -2.41. The second-order valence-corrected chi connectivity index (χ2v) is 13.3. The van der Waals surface area contributed by atoms with E-state index in [1.807, 2.05) is 42.5 Å². The maximum absolute atomic E-state index is 12.6. The van der Waals surface area contributed by atoms with Gasteiger partial charge in [0.05, 0.1) is 30.2 Å². The molecule has 0 saturated carbocycles. The number of hydrogen-bond acceptors (Lipinski definition) is 7. The molecule has 0 radical (unpaired) electrons. The number of carbonyl (C=O) groups is 2. The minimum absolute atomic E-state index is 0.0156. The van der Waals surface area contributed by atoms with Crippen LogP contribution in [0, 0.1) is 0 Å². The van der Waals surface area contributed by atoms with E-state index < -0.39 is 6.29 Å². The van der Waals surface area contributed by atoms with Crippen molar-refractivity contribution in [1.29, 1.82) is 0 Å². The predicted octanol–water partition coefficient (Wildman–Crippen LogP) is 6.88. The Hall–Kier alpha value is -4.54. The molecule has 5 N–H and O–H groups in total. The summed E-state index contributed by atoms with van der Waals surface area (Å²) in [5.74, 6) is -0.268. The van der Waals surface area contributed by atoms with Gasteiger partial charge in [0.1, 0.15) is 0 Å². The van der Waals surface area contributed by atoms with Crippen molar-refractivity contribution in [2.24, 2.45) is 0 Å². The predicted molar refractivity (Wildman–Crippen MR) is 196 cm³/mol. The molecule has 9 nitrogen and oxygen atoms in total. The number of benzene rings is 4. The van der Waals surface area contributed by atoms with Crippen LogP contribution >= 0.6 is 0 Å². The molecule has 2 heterocycles. The first-order valence-electron chi connectivity index (χ1n) is 17.8. The number of nitrogens with two attached hydrogens (primary N) is 1. The molecule has 2 aliphatic heterocycles. The van der Waals surface area contributed by atoms with E-state index in [2.05, 4.69) is 58.0 Å². The lowest BCUT2D eigenvalue weighted by Gasteiger charge is -2.39. The summed E-state index contributed by atoms with van der Waals surface area (Å²) in [6, 6.07) is 31.6. The van der Waals surface area contributed by atoms with Crippen LogP contribution in [-0.4, -0.2) is 47.6 Å². The van der Waals surface area contributed by atoms with Gasteiger partial charge in [-0.3, -0.25) is 9.59 Å². The Bertz CT molecular complexity index is 1720. The molecule has 2 aliphatic rings. The van der Waals surface area contributed by atoms with Gasteiger partial charge in [0.25, 0.3) is 0 Å². The summed E-state index contributed by atoms with van der Waals surface area (Å²) < 4.78 is 13.3. The summed E-state index contributed by atoms with van der Waals surface area (Å²) in [5, 5.41) is 15.3. The number of nitrogens with zero attached hydrogens (tertiary/aromatic N) is 1. The Balaban J connectivity index is 1.07. The number of likely N-dealkylation sites (tertiary alicyclic amines) is 1. The van der Waals surface area contributed by atoms with E-state index >= 15 is 0 Å². The number of anilines is 2. The molecule has 9 heteroatoms. The highest BCUT2D eigenvalue weighted by Crippen LogP contribution is 2.39. The van der Waals surface area contributed by atoms with E-state index in [4.69, 9.17) is 15.2 Å². The van der Waals surface area contributed by atoms with E-state index in [0.717, 1.165) is 59.4 Å². The van der Waals surface area contributed by atoms with Gasteiger partial charge in [-0.25, -0.2) is 0 Å². The van der Waals surface area contributed by atoms with Gasteiger partial charge in [0, 0.05) is 37.9 Å². The van der Waals surface area contributed by atoms with Crippen LogP contribution in [0.25, 0.3) is 11.1 Å². The molecule has 2 saturated heterocycles. The number of nitrogens with one attached hydrogen (secondary N) is 2. The third-order valence-corrected chi connectivity index (χ3v) is 9.48. The standard InChI is InChI=1S/C41H48N4O5/c42-36-13-2-3-14-37(36)44-40(48)16-8-15-39(47)43-26-30-9-6-10-32(23-30)33-11-7-12-34(24-33)41-49-35(27-45-21-4-1-5-22-45)25-38(50-41)31-19-17-29(28-46)18-20-31/h2-3,6-7,9-14,17-20,23-24,35,38,41,46H,1,4-5,8,15-16,21-22,25-28,42H2,(H,43,47)(H,44,48). The lowest BCUT2D eigenvalue weighted by molar-refractivity contribution is -0.253. The lowest BCUT2D eigenvalue weighted by atomic mass is 9.98. The summed E-state index contributed by atoms with van der Waals surface area (Å²) in [6.07, 6.45) is 4.85. The highest BCUT2D eigenvalue weighted by atomic mass is 16.7. The Morgan fingerprint density at radius 2 is 1.52 bits per heavy atom. The van der Waals surface area contributed by atoms with Crippen LogP contribution in [0.3, 0.4) is 0 Å². The third kappa shape index (κ3) is 9.79. The van der Waals surface area contributed by atoms with E-state index in [-0.39, 0.29) is 43.5 Å². The molecule has 0 bridgehead atoms. The minimum atomic E-state index is -0.518. The number of carbonyl (C=O) groups excluding carboxylic acids is 2. The van der Waals surface area contributed by atoms with Crippen molar-refractivity contribution < 1.29 is 24.2 Å². The number of piperidine rings is 1. The first kappa shape index (κ1) is 35.3. The van der Waals surface area contributed by atoms with Gasteiger partial charge in [-0.1, -0.05) is 79.2 Å². The molecule has 4 aromatic rings. The van der Waals surface area contributed by atoms with Crippen LogP contribution in [0.2, 0.25) is 0 Å². The minimum Gasteiger partial charge on any atom is -0.397 e. The smallest absolute Gasteiger partial charge is 0.224 e. The molecule has 0 aromatic heterocycles. The number of para-hydroxylation sites is 2. The maximum atomic E-state index is 12.6. The van der Waals surface area contributed by atoms with Crippen molar-refractivity contribution >= 4 is 23.2 Å². The maximum Gasteiger partial charge on any atom is 0.224 e. The highest BCUT2D eigenvalue weighted by Gasteiger charge is 2.33. The van der Waals surface area contributed by atoms with Crippen LogP contribution in [0.1, 0.15) is 79.6 Å². The topological polar surface area (TPSA) is 126 Å². The summed E-state index contributed by atoms with van der Waals surface area (Å²) in [6.45, 7) is 3.50. The van der Waals surface area contributed by atoms with Crippen molar-refractivity contribution in [3.63, 3.8) is 0 Å². The van der Waals surface area contributed by atoms with Gasteiger partial charge in [0.15, 0.2) is 6.29 Å². The van der Waals surface area contributed by atoms with Gasteiger partial charge in [-0.15, -0.1) is 0 Å². The third-order valence-electron chi connectivity index (χ3n) is 9.48. The largest absolute Gasteiger partial charge is 0.397 e. The molecule has 50 heavy (non-hydrogen) atoms. The molecule has 3 unspecified atom stereocenters. The van der Waals surface area contributed by atoms with Crippen molar-refractivity contribution in [3.8, 4) is 11.1 Å². The fourth-order valence-electron chi connectivity index (χ4n) is 6.71. The Morgan fingerprint density at radius 1 is 0.780 bits per heavy atom. The Kier molecular flexibility index (Phi) is 12.3. The zero-order chi connectivity index (χ0) is 34.7. The molecule has 0 aliphatic carbocycles. The molecular formula is C41H48N4O5. The number of nitrogen functional groups attached to an aromatic ring is 1. The molecule has 262 valence electrons. The van der Waals surface area contributed by atoms with Crippen LogP contribution in [0.5, 0.6) is 0 Å². The zero-order valence-electron chi connectivity index (χ0n) is 28.6. The molecule has 2 amide bonds. The number of ether oxygens (including phenoxy) is 2. The molecule has 3 atom stereocenters. The number of hydrogen-bond donors (Lipinski definition) is 4. The van der Waals surface area contributed by atoms with Crippen molar-refractivity contribution in [2.45, 2.75) is 76.6 Å². The highest BCUT2D eigenvalue weighted by molar-refractivity contribution is 5.94. The summed E-state index contributed by atoms with van der Waals surface area (Å²) in [4.78, 5) is 27.4. The Morgan fingerprint density at radius 3 is 2.30 bits per heavy atom. The Labute approximate surface area is 294 Å². The quantitative estimate of drug-likeness (QED) is 0.114. The molecule has 2 fully saturated rings. The number of aliphatic hydroxyl groups excluding tert-OH is 1. The molecular weight excluding hydrogens is 628 g/mol. The summed E-state index contributed by atoms with van der Waals surface area (Å²) in [7, 11) is 0. The van der Waals surface area contributed by atoms with E-state index in [0.29, 0.717) is 24.3 Å². The molecule has 6 rings (SSSR count). The fraction of sp³-hybridized carbons (Fsp3) is 0.366. The van der Waals surface area contributed by atoms with Gasteiger partial charge >= 0.3 is 0 Å². The number of amides is 2. The van der Waals surface area contributed by atoms with Crippen molar-refractivity contribution in [3.05, 3.63) is 119 Å². The monoisotopic (exact) mass is 676 g/mol. The molecule has 0 spiro atoms. The SMILES string of the molecule is Nc1ccccc1NC(=O)CCCC(=O)NCc1cccc(-c2cccc(C3OC(CN4CCCCC4)CC(c4ccc(CO)cc4)O3)c2)c1. The van der Waals surface area contributed by atoms with Gasteiger partial charge < -0.3 is 35.8 Å². The van der Waals surface area contributed by atoms with E-state index in [1.54, 1.807) is 12.1 Å². The number of rotatable bonds is 13. The first-order chi connectivity index (χ1) is 24.4. The summed E-state index contributed by atoms with van der Waals surface area (Å²) >= 11 is 0. The van der Waals surface area contributed by atoms with Gasteiger partial charge in [-0.05, 0) is 84.4 Å². The van der Waals surface area contributed by atoms with Crippen molar-refractivity contribution in [2.75, 3.05) is 30.7 Å². The van der Waals surface area contributed by atoms with E-state index in [9.17, 15) is 14.7 Å². The van der Waals surface area contributed by atoms with Gasteiger partial charge in [-0.2, -0.15) is 0 Å². The first-order valence-corrected chi connectivity index (χ1v) is 17.8. The molecule has 4 aromatic carbocycles. The van der Waals surface area contributed by atoms with Crippen molar-refractivity contribution in [1.82, 2.24) is 10.2 Å². The second-order valence-electron chi connectivity index (χ2n) is 13.3. The summed E-state index contributed by atoms with van der Waals surface area (Å²) in [5.41, 5.74) is 13.0. The zero-order valence-corrected chi connectivity index (χ0v) is 28.6. The second kappa shape index (κ2) is 17.4. The van der Waals surface area contributed by atoms with Crippen LogP contribution in [-0.2, 0) is 32.2 Å². The van der Waals surface area contributed by atoms with E-state index in [1.165, 1.54) is 19.3 Å². The van der Waals surface area contributed by atoms with Crippen LogP contribution in [0.4, 0.5) is 11.4 Å². The fourth-order valence-corrected chi connectivity index (χ4v) is 6.71. The normalized spacial score (nSPS) is 19.5. The van der Waals surface area contributed by atoms with Crippen LogP contribution in [0.15, 0.2) is 97.1 Å². The van der Waals surface area contributed by atoms with Gasteiger partial charge in [0.2, 0.25) is 11.8 Å². The van der Waals surface area contributed by atoms with Crippen LogP contribution < -0.4 is 16.4 Å². The average molecular weight is 677 g/mol.